The van der Waals surface area contributed by atoms with Crippen molar-refractivity contribution >= 4 is 5.69 Å². The molecule has 0 amide bonds. The summed E-state index contributed by atoms with van der Waals surface area (Å²) in [5, 5.41) is 3.46. The Morgan fingerprint density at radius 1 is 1.13 bits per heavy atom. The normalized spacial score (nSPS) is 10.3. The molecule has 0 fully saturated rings. The Bertz CT molecular complexity index is 410. The number of H-pyrrole nitrogens is 1. The molecule has 0 saturated carbocycles. The summed E-state index contributed by atoms with van der Waals surface area (Å²) in [4.78, 5) is 3.06. The van der Waals surface area contributed by atoms with Crippen LogP contribution in [0.25, 0.3) is 0 Å². The van der Waals surface area contributed by atoms with Gasteiger partial charge >= 0.3 is 0 Å². The van der Waals surface area contributed by atoms with E-state index in [1.807, 2.05) is 12.4 Å². The van der Waals surface area contributed by atoms with E-state index in [1.54, 1.807) is 0 Å². The van der Waals surface area contributed by atoms with Gasteiger partial charge in [0.05, 0.1) is 0 Å². The van der Waals surface area contributed by atoms with Crippen LogP contribution in [0.2, 0.25) is 0 Å². The maximum atomic E-state index is 3.46. The van der Waals surface area contributed by atoms with Crippen LogP contribution >= 0.6 is 0 Å². The summed E-state index contributed by atoms with van der Waals surface area (Å²) in [7, 11) is 0. The number of hydrogen-bond acceptors (Lipinski definition) is 1. The highest BCUT2D eigenvalue weighted by Gasteiger charge is 2.00. The van der Waals surface area contributed by atoms with Crippen molar-refractivity contribution in [2.45, 2.75) is 20.4 Å². The van der Waals surface area contributed by atoms with E-state index in [9.17, 15) is 0 Å². The maximum absolute atomic E-state index is 3.46. The zero-order valence-electron chi connectivity index (χ0n) is 9.17. The Hall–Kier alpha value is -1.70. The van der Waals surface area contributed by atoms with E-state index in [0.29, 0.717) is 0 Å². The molecule has 0 atom stereocenters. The second-order valence-electron chi connectivity index (χ2n) is 3.84. The third-order valence-electron chi connectivity index (χ3n) is 2.61. The van der Waals surface area contributed by atoms with Crippen LogP contribution < -0.4 is 5.32 Å². The first-order valence-corrected chi connectivity index (χ1v) is 5.19. The SMILES string of the molecule is Cc1cccc(C)c1NCc1cc[nH]c1. The lowest BCUT2D eigenvalue weighted by Crippen LogP contribution is -2.01. The predicted octanol–water partition coefficient (Wildman–Crippen LogP) is 3.24. The first-order chi connectivity index (χ1) is 7.27. The van der Waals surface area contributed by atoms with E-state index < -0.39 is 0 Å². The van der Waals surface area contributed by atoms with Crippen molar-refractivity contribution in [3.8, 4) is 0 Å². The van der Waals surface area contributed by atoms with Gasteiger partial charge in [-0.15, -0.1) is 0 Å². The van der Waals surface area contributed by atoms with Crippen molar-refractivity contribution in [2.75, 3.05) is 5.32 Å². The van der Waals surface area contributed by atoms with Gasteiger partial charge in [0, 0.05) is 24.6 Å². The Balaban J connectivity index is 2.11. The highest BCUT2D eigenvalue weighted by molar-refractivity contribution is 5.56. The second kappa shape index (κ2) is 4.22. The lowest BCUT2D eigenvalue weighted by atomic mass is 10.1. The van der Waals surface area contributed by atoms with Crippen molar-refractivity contribution in [3.05, 3.63) is 53.3 Å². The molecule has 78 valence electrons. The Kier molecular flexibility index (Phi) is 2.77. The molecule has 1 heterocycles. The molecule has 15 heavy (non-hydrogen) atoms. The van der Waals surface area contributed by atoms with Crippen LogP contribution in [0.4, 0.5) is 5.69 Å². The highest BCUT2D eigenvalue weighted by atomic mass is 14.9. The summed E-state index contributed by atoms with van der Waals surface area (Å²) < 4.78 is 0. The molecule has 2 rings (SSSR count). The van der Waals surface area contributed by atoms with Crippen molar-refractivity contribution in [1.29, 1.82) is 0 Å². The second-order valence-corrected chi connectivity index (χ2v) is 3.84. The van der Waals surface area contributed by atoms with Crippen molar-refractivity contribution in [1.82, 2.24) is 4.98 Å². The number of hydrogen-bond donors (Lipinski definition) is 2. The van der Waals surface area contributed by atoms with E-state index >= 15 is 0 Å². The zero-order valence-corrected chi connectivity index (χ0v) is 9.17. The number of nitrogens with one attached hydrogen (secondary N) is 2. The minimum absolute atomic E-state index is 0.870. The largest absolute Gasteiger partial charge is 0.380 e. The summed E-state index contributed by atoms with van der Waals surface area (Å²) in [6.07, 6.45) is 3.96. The van der Waals surface area contributed by atoms with Gasteiger partial charge in [0.2, 0.25) is 0 Å². The number of aryl methyl sites for hydroxylation is 2. The van der Waals surface area contributed by atoms with Gasteiger partial charge in [-0.3, -0.25) is 0 Å². The van der Waals surface area contributed by atoms with Gasteiger partial charge in [0.25, 0.3) is 0 Å². The van der Waals surface area contributed by atoms with E-state index in [2.05, 4.69) is 48.4 Å². The number of rotatable bonds is 3. The van der Waals surface area contributed by atoms with Gasteiger partial charge in [-0.05, 0) is 36.6 Å². The van der Waals surface area contributed by atoms with Crippen LogP contribution in [0, 0.1) is 13.8 Å². The average molecular weight is 200 g/mol. The predicted molar refractivity (Wildman–Crippen MR) is 64.0 cm³/mol. The number of para-hydroxylation sites is 1. The molecule has 1 aromatic carbocycles. The van der Waals surface area contributed by atoms with E-state index in [-0.39, 0.29) is 0 Å². The molecule has 0 bridgehead atoms. The number of benzene rings is 1. The summed E-state index contributed by atoms with van der Waals surface area (Å²) >= 11 is 0. The third kappa shape index (κ3) is 2.21. The maximum Gasteiger partial charge on any atom is 0.0415 e. The first kappa shape index (κ1) is 9.84. The van der Waals surface area contributed by atoms with Crippen LogP contribution in [0.1, 0.15) is 16.7 Å². The van der Waals surface area contributed by atoms with Crippen molar-refractivity contribution in [3.63, 3.8) is 0 Å². The highest BCUT2D eigenvalue weighted by Crippen LogP contribution is 2.19. The molecule has 1 aromatic heterocycles. The molecule has 0 aliphatic carbocycles. The minimum Gasteiger partial charge on any atom is -0.380 e. The standard InChI is InChI=1S/C13H16N2/c1-10-4-3-5-11(2)13(10)15-9-12-6-7-14-8-12/h3-8,14-15H,9H2,1-2H3. The third-order valence-corrected chi connectivity index (χ3v) is 2.61. The topological polar surface area (TPSA) is 27.8 Å². The summed E-state index contributed by atoms with van der Waals surface area (Å²) in [6, 6.07) is 8.44. The van der Waals surface area contributed by atoms with E-state index in [4.69, 9.17) is 0 Å². The monoisotopic (exact) mass is 200 g/mol. The molecular formula is C13H16N2. The van der Waals surface area contributed by atoms with Crippen LogP contribution in [-0.2, 0) is 6.54 Å². The Labute approximate surface area is 90.3 Å². The van der Waals surface area contributed by atoms with Gasteiger partial charge in [-0.25, -0.2) is 0 Å². The Morgan fingerprint density at radius 3 is 2.47 bits per heavy atom. The van der Waals surface area contributed by atoms with Gasteiger partial charge in [-0.2, -0.15) is 0 Å². The summed E-state index contributed by atoms with van der Waals surface area (Å²) in [5.41, 5.74) is 5.12. The molecule has 0 saturated heterocycles. The van der Waals surface area contributed by atoms with E-state index in [1.165, 1.54) is 22.4 Å². The molecule has 0 aliphatic heterocycles. The van der Waals surface area contributed by atoms with Gasteiger partial charge in [-0.1, -0.05) is 18.2 Å². The van der Waals surface area contributed by atoms with Gasteiger partial charge in [0.1, 0.15) is 0 Å². The first-order valence-electron chi connectivity index (χ1n) is 5.19. The molecule has 2 N–H and O–H groups in total. The fourth-order valence-corrected chi connectivity index (χ4v) is 1.75. The molecule has 0 unspecified atom stereocenters. The zero-order chi connectivity index (χ0) is 10.7. The average Bonchev–Trinajstić information content (AvgIpc) is 2.70. The smallest absolute Gasteiger partial charge is 0.0415 e. The van der Waals surface area contributed by atoms with Crippen LogP contribution in [-0.4, -0.2) is 4.98 Å². The summed E-state index contributed by atoms with van der Waals surface area (Å²) in [5.74, 6) is 0. The van der Waals surface area contributed by atoms with Crippen LogP contribution in [0.5, 0.6) is 0 Å². The molecule has 0 radical (unpaired) electrons. The van der Waals surface area contributed by atoms with Crippen molar-refractivity contribution < 1.29 is 0 Å². The molecule has 2 heteroatoms. The lowest BCUT2D eigenvalue weighted by Gasteiger charge is -2.11. The van der Waals surface area contributed by atoms with Crippen LogP contribution in [0.15, 0.2) is 36.7 Å². The fraction of sp³-hybridized carbons (Fsp3) is 0.231. The molecule has 0 spiro atoms. The van der Waals surface area contributed by atoms with Crippen LogP contribution in [0.3, 0.4) is 0 Å². The van der Waals surface area contributed by atoms with Gasteiger partial charge in [0.15, 0.2) is 0 Å². The molecule has 2 nitrogen and oxygen atoms in total. The number of anilines is 1. The summed E-state index contributed by atoms with van der Waals surface area (Å²) in [6.45, 7) is 5.13. The number of aromatic nitrogens is 1. The molecule has 2 aromatic rings. The lowest BCUT2D eigenvalue weighted by molar-refractivity contribution is 1.13. The Morgan fingerprint density at radius 2 is 1.87 bits per heavy atom. The molecule has 0 aliphatic rings. The van der Waals surface area contributed by atoms with E-state index in [0.717, 1.165) is 6.54 Å². The van der Waals surface area contributed by atoms with Crippen molar-refractivity contribution in [2.24, 2.45) is 0 Å². The minimum atomic E-state index is 0.870. The van der Waals surface area contributed by atoms with Gasteiger partial charge < -0.3 is 10.3 Å². The quantitative estimate of drug-likeness (QED) is 0.782. The number of aromatic amines is 1. The molecular weight excluding hydrogens is 184 g/mol. The fourth-order valence-electron chi connectivity index (χ4n) is 1.75.